The predicted octanol–water partition coefficient (Wildman–Crippen LogP) is 5.50. The summed E-state index contributed by atoms with van der Waals surface area (Å²) in [6, 6.07) is 3.73. The first-order chi connectivity index (χ1) is 10.1. The van der Waals surface area contributed by atoms with Gasteiger partial charge in [0.1, 0.15) is 10.5 Å². The van der Waals surface area contributed by atoms with Crippen molar-refractivity contribution in [1.82, 2.24) is 9.97 Å². The molecule has 0 spiro atoms. The second-order valence-corrected chi connectivity index (χ2v) is 6.41. The van der Waals surface area contributed by atoms with Crippen molar-refractivity contribution in [2.75, 3.05) is 0 Å². The fourth-order valence-electron chi connectivity index (χ4n) is 2.75. The summed E-state index contributed by atoms with van der Waals surface area (Å²) in [7, 11) is 0. The fourth-order valence-corrected chi connectivity index (χ4v) is 3.46. The van der Waals surface area contributed by atoms with Crippen LogP contribution in [0.3, 0.4) is 0 Å². The zero-order chi connectivity index (χ0) is 15.0. The Morgan fingerprint density at radius 3 is 2.57 bits per heavy atom. The number of nitrogens with zero attached hydrogens (tertiary/aromatic N) is 1. The summed E-state index contributed by atoms with van der Waals surface area (Å²) in [6.07, 6.45) is 4.59. The lowest BCUT2D eigenvalue weighted by Crippen LogP contribution is -2.03. The molecular formula is C15H13BrF2N2S. The quantitative estimate of drug-likeness (QED) is 0.706. The molecule has 21 heavy (non-hydrogen) atoms. The van der Waals surface area contributed by atoms with E-state index in [1.807, 2.05) is 0 Å². The Balaban J connectivity index is 2.10. The smallest absolute Gasteiger partial charge is 0.159 e. The number of halogens is 3. The normalized spacial score (nSPS) is 15.6. The van der Waals surface area contributed by atoms with E-state index in [4.69, 9.17) is 12.2 Å². The first-order valence-corrected chi connectivity index (χ1v) is 8.01. The van der Waals surface area contributed by atoms with E-state index in [9.17, 15) is 8.78 Å². The van der Waals surface area contributed by atoms with E-state index in [0.717, 1.165) is 35.1 Å². The number of hydrogen-bond acceptors (Lipinski definition) is 2. The molecule has 0 atom stereocenters. The molecule has 1 saturated carbocycles. The molecule has 1 N–H and O–H groups in total. The summed E-state index contributed by atoms with van der Waals surface area (Å²) in [6.45, 7) is 0. The van der Waals surface area contributed by atoms with Crippen LogP contribution in [0.4, 0.5) is 8.78 Å². The van der Waals surface area contributed by atoms with E-state index in [0.29, 0.717) is 21.9 Å². The highest BCUT2D eigenvalue weighted by atomic mass is 79.9. The van der Waals surface area contributed by atoms with Gasteiger partial charge >= 0.3 is 0 Å². The van der Waals surface area contributed by atoms with Crippen molar-refractivity contribution in [3.05, 3.63) is 44.6 Å². The predicted molar refractivity (Wildman–Crippen MR) is 83.7 cm³/mol. The van der Waals surface area contributed by atoms with E-state index >= 15 is 0 Å². The van der Waals surface area contributed by atoms with Gasteiger partial charge in [-0.25, -0.2) is 13.8 Å². The second kappa shape index (κ2) is 5.93. The summed E-state index contributed by atoms with van der Waals surface area (Å²) in [4.78, 5) is 7.51. The Bertz CT molecular complexity index is 739. The molecule has 1 aromatic carbocycles. The lowest BCUT2D eigenvalue weighted by molar-refractivity contribution is 0.509. The van der Waals surface area contributed by atoms with Gasteiger partial charge in [0, 0.05) is 17.2 Å². The van der Waals surface area contributed by atoms with Crippen LogP contribution in [0.15, 0.2) is 22.7 Å². The maximum Gasteiger partial charge on any atom is 0.159 e. The summed E-state index contributed by atoms with van der Waals surface area (Å²) < 4.78 is 27.7. The average Bonchev–Trinajstić information content (AvgIpc) is 2.98. The van der Waals surface area contributed by atoms with Gasteiger partial charge < -0.3 is 4.98 Å². The number of aromatic nitrogens is 2. The molecule has 0 bridgehead atoms. The van der Waals surface area contributed by atoms with Gasteiger partial charge in [0.25, 0.3) is 0 Å². The molecule has 1 aliphatic carbocycles. The Morgan fingerprint density at radius 2 is 1.90 bits per heavy atom. The minimum Gasteiger partial charge on any atom is -0.342 e. The third kappa shape index (κ3) is 2.92. The molecule has 0 radical (unpaired) electrons. The van der Waals surface area contributed by atoms with Gasteiger partial charge in [-0.05, 0) is 47.0 Å². The molecule has 1 aliphatic rings. The second-order valence-electron chi connectivity index (χ2n) is 5.23. The highest BCUT2D eigenvalue weighted by Crippen LogP contribution is 2.37. The molecule has 0 saturated heterocycles. The Kier molecular flexibility index (Phi) is 4.17. The summed E-state index contributed by atoms with van der Waals surface area (Å²) >= 11 is 8.77. The Hall–Kier alpha value is -1.14. The fraction of sp³-hybridized carbons (Fsp3) is 0.333. The van der Waals surface area contributed by atoms with Crippen LogP contribution in [0.1, 0.15) is 37.3 Å². The third-order valence-electron chi connectivity index (χ3n) is 3.85. The van der Waals surface area contributed by atoms with Crippen LogP contribution in [-0.2, 0) is 0 Å². The molecule has 3 rings (SSSR count). The van der Waals surface area contributed by atoms with Crippen molar-refractivity contribution >= 4 is 28.1 Å². The minimum absolute atomic E-state index is 0.410. The lowest BCUT2D eigenvalue weighted by Gasteiger charge is -2.14. The number of nitrogens with one attached hydrogen (secondary N) is 1. The van der Waals surface area contributed by atoms with E-state index in [2.05, 4.69) is 25.9 Å². The molecule has 1 aromatic heterocycles. The largest absolute Gasteiger partial charge is 0.342 e. The SMILES string of the molecule is Fc1ccc(-c2nc(=S)c(Br)c(C3CCCC3)[nH]2)cc1F. The summed E-state index contributed by atoms with van der Waals surface area (Å²) in [5, 5.41) is 0. The van der Waals surface area contributed by atoms with Crippen LogP contribution >= 0.6 is 28.1 Å². The maximum atomic E-state index is 13.4. The zero-order valence-corrected chi connectivity index (χ0v) is 13.5. The number of aromatic amines is 1. The van der Waals surface area contributed by atoms with E-state index in [1.165, 1.54) is 18.9 Å². The number of H-pyrrole nitrogens is 1. The highest BCUT2D eigenvalue weighted by molar-refractivity contribution is 9.10. The molecule has 1 heterocycles. The van der Waals surface area contributed by atoms with Crippen LogP contribution in [0.2, 0.25) is 0 Å². The number of benzene rings is 1. The van der Waals surface area contributed by atoms with Gasteiger partial charge in [-0.2, -0.15) is 0 Å². The van der Waals surface area contributed by atoms with Crippen molar-refractivity contribution < 1.29 is 8.78 Å². The van der Waals surface area contributed by atoms with Crippen molar-refractivity contribution in [3.63, 3.8) is 0 Å². The number of hydrogen-bond donors (Lipinski definition) is 1. The van der Waals surface area contributed by atoms with Crippen LogP contribution in [-0.4, -0.2) is 9.97 Å². The first-order valence-electron chi connectivity index (χ1n) is 6.81. The molecule has 1 fully saturated rings. The van der Waals surface area contributed by atoms with Crippen LogP contribution in [0.5, 0.6) is 0 Å². The van der Waals surface area contributed by atoms with E-state index < -0.39 is 11.6 Å². The Morgan fingerprint density at radius 1 is 1.19 bits per heavy atom. The molecule has 0 unspecified atom stereocenters. The lowest BCUT2D eigenvalue weighted by atomic mass is 10.0. The van der Waals surface area contributed by atoms with Gasteiger partial charge in [0.2, 0.25) is 0 Å². The van der Waals surface area contributed by atoms with Crippen LogP contribution in [0, 0.1) is 16.3 Å². The summed E-state index contributed by atoms with van der Waals surface area (Å²) in [5.41, 5.74) is 1.50. The van der Waals surface area contributed by atoms with Gasteiger partial charge in [0.05, 0.1) is 4.47 Å². The standard InChI is InChI=1S/C15H13BrF2N2S/c16-12-13(8-3-1-2-4-8)19-14(20-15(12)21)9-5-6-10(17)11(18)7-9/h5-8H,1-4H2,(H,19,20,21). The summed E-state index contributed by atoms with van der Waals surface area (Å²) in [5.74, 6) is -0.874. The monoisotopic (exact) mass is 370 g/mol. The highest BCUT2D eigenvalue weighted by Gasteiger charge is 2.22. The van der Waals surface area contributed by atoms with E-state index in [-0.39, 0.29) is 0 Å². The Labute approximate surface area is 134 Å². The van der Waals surface area contributed by atoms with Crippen molar-refractivity contribution in [3.8, 4) is 11.4 Å². The van der Waals surface area contributed by atoms with Crippen LogP contribution < -0.4 is 0 Å². The molecule has 6 heteroatoms. The molecule has 2 nitrogen and oxygen atoms in total. The van der Waals surface area contributed by atoms with Gasteiger partial charge in [-0.1, -0.05) is 25.1 Å². The van der Waals surface area contributed by atoms with Gasteiger partial charge in [-0.3, -0.25) is 0 Å². The van der Waals surface area contributed by atoms with Crippen molar-refractivity contribution in [1.29, 1.82) is 0 Å². The molecular weight excluding hydrogens is 358 g/mol. The topological polar surface area (TPSA) is 28.7 Å². The average molecular weight is 371 g/mol. The molecule has 2 aromatic rings. The van der Waals surface area contributed by atoms with Crippen molar-refractivity contribution in [2.24, 2.45) is 0 Å². The number of rotatable bonds is 2. The van der Waals surface area contributed by atoms with Crippen LogP contribution in [0.25, 0.3) is 11.4 Å². The van der Waals surface area contributed by atoms with Crippen molar-refractivity contribution in [2.45, 2.75) is 31.6 Å². The van der Waals surface area contributed by atoms with Gasteiger partial charge in [-0.15, -0.1) is 0 Å². The maximum absolute atomic E-state index is 13.4. The molecule has 110 valence electrons. The van der Waals surface area contributed by atoms with E-state index in [1.54, 1.807) is 0 Å². The minimum atomic E-state index is -0.890. The van der Waals surface area contributed by atoms with Gasteiger partial charge in [0.15, 0.2) is 11.6 Å². The molecule has 0 aliphatic heterocycles. The zero-order valence-electron chi connectivity index (χ0n) is 11.1. The molecule has 0 amide bonds. The third-order valence-corrected chi connectivity index (χ3v) is 5.21. The first kappa shape index (κ1) is 14.8.